The number of carboxylic acid groups (broad SMARTS) is 1. The van der Waals surface area contributed by atoms with E-state index in [-0.39, 0.29) is 5.56 Å². The topological polar surface area (TPSA) is 49.8 Å². The number of carboxylic acids is 1. The second kappa shape index (κ2) is 6.75. The van der Waals surface area contributed by atoms with E-state index < -0.39 is 5.97 Å². The lowest BCUT2D eigenvalue weighted by Gasteiger charge is -2.35. The first-order valence-electron chi connectivity index (χ1n) is 7.30. The minimum Gasteiger partial charge on any atom is -0.496 e. The van der Waals surface area contributed by atoms with Gasteiger partial charge in [0, 0.05) is 12.6 Å². The van der Waals surface area contributed by atoms with Crippen LogP contribution in [-0.4, -0.2) is 35.7 Å². The highest BCUT2D eigenvalue weighted by molar-refractivity contribution is 5.90. The Bertz CT molecular complexity index is 473. The number of hydrogen-bond acceptors (Lipinski definition) is 3. The molecule has 1 aliphatic rings. The van der Waals surface area contributed by atoms with Gasteiger partial charge in [0.05, 0.1) is 7.11 Å². The van der Waals surface area contributed by atoms with Crippen LogP contribution < -0.4 is 4.74 Å². The maximum atomic E-state index is 11.1. The third-order valence-corrected chi connectivity index (χ3v) is 4.10. The van der Waals surface area contributed by atoms with Gasteiger partial charge in [0.1, 0.15) is 11.3 Å². The van der Waals surface area contributed by atoms with E-state index in [2.05, 4.69) is 11.8 Å². The maximum Gasteiger partial charge on any atom is 0.339 e. The summed E-state index contributed by atoms with van der Waals surface area (Å²) >= 11 is 0. The average Bonchev–Trinajstić information content (AvgIpc) is 2.47. The molecule has 0 aromatic heterocycles. The van der Waals surface area contributed by atoms with Gasteiger partial charge >= 0.3 is 5.97 Å². The Morgan fingerprint density at radius 3 is 2.90 bits per heavy atom. The maximum absolute atomic E-state index is 11.1. The summed E-state index contributed by atoms with van der Waals surface area (Å²) in [6.07, 6.45) is 5.00. The molecule has 0 saturated carbocycles. The summed E-state index contributed by atoms with van der Waals surface area (Å²) in [6.45, 7) is 4.23. The molecule has 1 saturated heterocycles. The average molecular weight is 277 g/mol. The molecular weight excluding hydrogens is 254 g/mol. The summed E-state index contributed by atoms with van der Waals surface area (Å²) in [6, 6.07) is 6.04. The van der Waals surface area contributed by atoms with Crippen molar-refractivity contribution in [2.45, 2.75) is 45.2 Å². The largest absolute Gasteiger partial charge is 0.496 e. The van der Waals surface area contributed by atoms with Crippen molar-refractivity contribution in [3.05, 3.63) is 29.3 Å². The van der Waals surface area contributed by atoms with Gasteiger partial charge in [-0.2, -0.15) is 0 Å². The van der Waals surface area contributed by atoms with Crippen LogP contribution in [0.15, 0.2) is 18.2 Å². The smallest absolute Gasteiger partial charge is 0.339 e. The molecule has 0 aliphatic carbocycles. The van der Waals surface area contributed by atoms with Gasteiger partial charge in [0.2, 0.25) is 0 Å². The van der Waals surface area contributed by atoms with Crippen LogP contribution in [0.2, 0.25) is 0 Å². The van der Waals surface area contributed by atoms with Crippen molar-refractivity contribution in [2.75, 3.05) is 13.7 Å². The Morgan fingerprint density at radius 1 is 1.45 bits per heavy atom. The molecule has 20 heavy (non-hydrogen) atoms. The van der Waals surface area contributed by atoms with Crippen molar-refractivity contribution in [2.24, 2.45) is 0 Å². The number of piperidine rings is 1. The lowest BCUT2D eigenvalue weighted by atomic mass is 9.99. The zero-order valence-corrected chi connectivity index (χ0v) is 12.3. The molecule has 1 unspecified atom stereocenters. The molecule has 0 amide bonds. The molecular formula is C16H23NO3. The molecule has 1 aromatic rings. The molecule has 1 atom stereocenters. The highest BCUT2D eigenvalue weighted by Gasteiger charge is 2.21. The molecule has 1 N–H and O–H groups in total. The normalized spacial score (nSPS) is 19.8. The van der Waals surface area contributed by atoms with Gasteiger partial charge in [-0.05, 0) is 43.5 Å². The number of rotatable bonds is 5. The van der Waals surface area contributed by atoms with E-state index in [4.69, 9.17) is 9.84 Å². The minimum atomic E-state index is -0.946. The van der Waals surface area contributed by atoms with Crippen LogP contribution in [0.5, 0.6) is 5.75 Å². The lowest BCUT2D eigenvalue weighted by Crippen LogP contribution is -2.38. The van der Waals surface area contributed by atoms with Crippen molar-refractivity contribution in [1.82, 2.24) is 4.90 Å². The lowest BCUT2D eigenvalue weighted by molar-refractivity contribution is 0.0693. The summed E-state index contributed by atoms with van der Waals surface area (Å²) in [5.74, 6) is -0.502. The Balaban J connectivity index is 2.14. The van der Waals surface area contributed by atoms with E-state index in [0.717, 1.165) is 18.7 Å². The molecule has 4 heteroatoms. The third kappa shape index (κ3) is 3.31. The predicted molar refractivity (Wildman–Crippen MR) is 78.3 cm³/mol. The van der Waals surface area contributed by atoms with Gasteiger partial charge in [-0.3, -0.25) is 4.90 Å². The Labute approximate surface area is 120 Å². The Morgan fingerprint density at radius 2 is 2.25 bits per heavy atom. The highest BCUT2D eigenvalue weighted by atomic mass is 16.5. The van der Waals surface area contributed by atoms with Gasteiger partial charge in [0.25, 0.3) is 0 Å². The second-order valence-electron chi connectivity index (χ2n) is 5.37. The quantitative estimate of drug-likeness (QED) is 0.898. The number of methoxy groups -OCH3 is 1. The molecule has 2 rings (SSSR count). The number of aromatic carboxylic acids is 1. The highest BCUT2D eigenvalue weighted by Crippen LogP contribution is 2.25. The summed E-state index contributed by atoms with van der Waals surface area (Å²) in [5, 5.41) is 9.10. The summed E-state index contributed by atoms with van der Waals surface area (Å²) in [7, 11) is 1.52. The van der Waals surface area contributed by atoms with Crippen LogP contribution in [0.1, 0.15) is 48.5 Å². The minimum absolute atomic E-state index is 0.224. The van der Waals surface area contributed by atoms with Gasteiger partial charge in [0.15, 0.2) is 0 Å². The van der Waals surface area contributed by atoms with Crippen LogP contribution in [0.25, 0.3) is 0 Å². The number of hydrogen-bond donors (Lipinski definition) is 1. The van der Waals surface area contributed by atoms with Gasteiger partial charge in [-0.25, -0.2) is 4.79 Å². The molecule has 0 radical (unpaired) electrons. The Hall–Kier alpha value is -1.55. The zero-order chi connectivity index (χ0) is 14.5. The standard InChI is InChI=1S/C16H23NO3/c1-3-13-6-4-5-9-17(13)11-12-7-8-14(16(18)19)15(10-12)20-2/h7-8,10,13H,3-6,9,11H2,1-2H3,(H,18,19). The number of ether oxygens (including phenoxy) is 1. The number of benzene rings is 1. The van der Waals surface area contributed by atoms with Crippen molar-refractivity contribution in [1.29, 1.82) is 0 Å². The predicted octanol–water partition coefficient (Wildman–Crippen LogP) is 3.16. The van der Waals surface area contributed by atoms with Crippen molar-refractivity contribution in [3.8, 4) is 5.75 Å². The number of likely N-dealkylation sites (tertiary alicyclic amines) is 1. The van der Waals surface area contributed by atoms with Crippen molar-refractivity contribution >= 4 is 5.97 Å². The molecule has 110 valence electrons. The van der Waals surface area contributed by atoms with E-state index in [1.54, 1.807) is 6.07 Å². The third-order valence-electron chi connectivity index (χ3n) is 4.10. The first kappa shape index (κ1) is 14.9. The van der Waals surface area contributed by atoms with Crippen LogP contribution >= 0.6 is 0 Å². The fourth-order valence-electron chi connectivity index (χ4n) is 2.98. The fourth-order valence-corrected chi connectivity index (χ4v) is 2.98. The van der Waals surface area contributed by atoms with Gasteiger partial charge < -0.3 is 9.84 Å². The van der Waals surface area contributed by atoms with E-state index in [0.29, 0.717) is 11.8 Å². The molecule has 1 fully saturated rings. The molecule has 0 bridgehead atoms. The van der Waals surface area contributed by atoms with Gasteiger partial charge in [-0.1, -0.05) is 19.4 Å². The molecule has 4 nitrogen and oxygen atoms in total. The monoisotopic (exact) mass is 277 g/mol. The van der Waals surface area contributed by atoms with Crippen LogP contribution in [0.3, 0.4) is 0 Å². The van der Waals surface area contributed by atoms with Crippen molar-refractivity contribution < 1.29 is 14.6 Å². The summed E-state index contributed by atoms with van der Waals surface area (Å²) < 4.78 is 5.19. The molecule has 0 spiro atoms. The van der Waals surface area contributed by atoms with Crippen LogP contribution in [0, 0.1) is 0 Å². The van der Waals surface area contributed by atoms with E-state index in [9.17, 15) is 4.79 Å². The number of nitrogens with zero attached hydrogens (tertiary/aromatic N) is 1. The van der Waals surface area contributed by atoms with Crippen LogP contribution in [-0.2, 0) is 6.54 Å². The van der Waals surface area contributed by atoms with E-state index in [1.165, 1.54) is 32.8 Å². The molecule has 1 aromatic carbocycles. The summed E-state index contributed by atoms with van der Waals surface area (Å²) in [4.78, 5) is 13.6. The molecule has 1 heterocycles. The number of carbonyl (C=O) groups is 1. The first-order chi connectivity index (χ1) is 9.65. The van der Waals surface area contributed by atoms with Crippen molar-refractivity contribution in [3.63, 3.8) is 0 Å². The zero-order valence-electron chi connectivity index (χ0n) is 12.3. The van der Waals surface area contributed by atoms with Gasteiger partial charge in [-0.15, -0.1) is 0 Å². The Kier molecular flexibility index (Phi) is 5.01. The summed E-state index contributed by atoms with van der Waals surface area (Å²) in [5.41, 5.74) is 1.34. The SMILES string of the molecule is CCC1CCCCN1Cc1ccc(C(=O)O)c(OC)c1. The van der Waals surface area contributed by atoms with E-state index in [1.807, 2.05) is 12.1 Å². The first-order valence-corrected chi connectivity index (χ1v) is 7.30. The van der Waals surface area contributed by atoms with E-state index >= 15 is 0 Å². The fraction of sp³-hybridized carbons (Fsp3) is 0.562. The van der Waals surface area contributed by atoms with Crippen LogP contribution in [0.4, 0.5) is 0 Å². The molecule has 1 aliphatic heterocycles. The second-order valence-corrected chi connectivity index (χ2v) is 5.37.